The number of fused-ring (bicyclic) bond motifs is 1. The van der Waals surface area contributed by atoms with Crippen LogP contribution in [-0.4, -0.2) is 4.90 Å². The molecule has 38 heavy (non-hydrogen) atoms. The monoisotopic (exact) mass is 509 g/mol. The van der Waals surface area contributed by atoms with Gasteiger partial charge in [0.2, 0.25) is 0 Å². The highest BCUT2D eigenvalue weighted by atomic mass is 31.2. The third-order valence-corrected chi connectivity index (χ3v) is 10.1. The van der Waals surface area contributed by atoms with E-state index in [1.54, 1.807) is 0 Å². The third kappa shape index (κ3) is 4.57. The highest BCUT2D eigenvalue weighted by molar-refractivity contribution is 7.87. The van der Waals surface area contributed by atoms with E-state index in [1.165, 1.54) is 11.1 Å². The van der Waals surface area contributed by atoms with Gasteiger partial charge in [0.05, 0.1) is 11.0 Å². The Labute approximate surface area is 224 Å². The van der Waals surface area contributed by atoms with E-state index < -0.39 is 7.14 Å². The van der Waals surface area contributed by atoms with Crippen molar-refractivity contribution in [2.45, 2.75) is 13.1 Å². The Morgan fingerprint density at radius 3 is 1.39 bits per heavy atom. The summed E-state index contributed by atoms with van der Waals surface area (Å²) in [5, 5.41) is 2.31. The van der Waals surface area contributed by atoms with E-state index in [-0.39, 0.29) is 0 Å². The van der Waals surface area contributed by atoms with E-state index >= 15 is 4.57 Å². The lowest BCUT2D eigenvalue weighted by atomic mass is 10.1. The molecule has 2 nitrogen and oxygen atoms in total. The normalized spacial score (nSPS) is 12.5. The molecule has 0 aromatic heterocycles. The Morgan fingerprint density at radius 2 is 0.921 bits per heavy atom. The molecule has 6 rings (SSSR count). The lowest BCUT2D eigenvalue weighted by Gasteiger charge is -2.24. The van der Waals surface area contributed by atoms with Gasteiger partial charge in [0.15, 0.2) is 7.14 Å². The van der Waals surface area contributed by atoms with Crippen molar-refractivity contribution in [1.82, 2.24) is 4.90 Å². The molecule has 5 aromatic rings. The van der Waals surface area contributed by atoms with Crippen LogP contribution in [0.4, 0.5) is 0 Å². The van der Waals surface area contributed by atoms with Crippen LogP contribution in [0.25, 0.3) is 11.0 Å². The fourth-order valence-corrected chi connectivity index (χ4v) is 7.92. The van der Waals surface area contributed by atoms with Crippen LogP contribution in [-0.2, 0) is 17.7 Å². The Kier molecular flexibility index (Phi) is 6.67. The molecule has 0 amide bonds. The van der Waals surface area contributed by atoms with Crippen LogP contribution in [0.1, 0.15) is 22.3 Å². The highest BCUT2D eigenvalue weighted by Crippen LogP contribution is 2.56. The van der Waals surface area contributed by atoms with E-state index in [0.717, 1.165) is 40.5 Å². The first-order valence-corrected chi connectivity index (χ1v) is 14.6. The average Bonchev–Trinajstić information content (AvgIpc) is 3.43. The topological polar surface area (TPSA) is 20.3 Å². The second-order valence-corrected chi connectivity index (χ2v) is 12.2. The maximum Gasteiger partial charge on any atom is 0.179 e. The smallest absolute Gasteiger partial charge is 0.179 e. The Bertz CT molecular complexity index is 1590. The van der Waals surface area contributed by atoms with Gasteiger partial charge in [-0.2, -0.15) is 0 Å². The van der Waals surface area contributed by atoms with E-state index in [9.17, 15) is 0 Å². The average molecular weight is 510 g/mol. The first-order chi connectivity index (χ1) is 18.7. The lowest BCUT2D eigenvalue weighted by molar-refractivity contribution is 0.423. The lowest BCUT2D eigenvalue weighted by Crippen LogP contribution is -2.18. The number of rotatable bonds is 6. The van der Waals surface area contributed by atoms with Crippen molar-refractivity contribution in [2.24, 2.45) is 0 Å². The van der Waals surface area contributed by atoms with Gasteiger partial charge in [-0.05, 0) is 16.7 Å². The number of benzene rings is 5. The van der Waals surface area contributed by atoms with Crippen LogP contribution in [0.5, 0.6) is 0 Å². The maximum absolute atomic E-state index is 15.6. The van der Waals surface area contributed by atoms with Gasteiger partial charge in [-0.25, -0.2) is 0 Å². The summed E-state index contributed by atoms with van der Waals surface area (Å²) in [6.07, 6.45) is 0. The van der Waals surface area contributed by atoms with Gasteiger partial charge in [-0.15, -0.1) is 0 Å². The summed E-state index contributed by atoms with van der Waals surface area (Å²) < 4.78 is 15.6. The van der Waals surface area contributed by atoms with Crippen molar-refractivity contribution in [3.63, 3.8) is 0 Å². The van der Waals surface area contributed by atoms with Crippen molar-refractivity contribution in [3.8, 4) is 0 Å². The van der Waals surface area contributed by atoms with Crippen LogP contribution < -0.4 is 10.6 Å². The SMILES string of the molecule is O=P(C(=C=C(c1ccccc1)N1Cc2ccccc2C1)c1ccccc1)(c1ccccc1)c1ccccc1. The second-order valence-electron chi connectivity index (χ2n) is 9.46. The molecule has 0 unspecified atom stereocenters. The second kappa shape index (κ2) is 10.6. The molecule has 5 aromatic carbocycles. The Hall–Kier alpha value is -4.35. The third-order valence-electron chi connectivity index (χ3n) is 7.04. The summed E-state index contributed by atoms with van der Waals surface area (Å²) in [7, 11) is -3.29. The molecule has 3 heteroatoms. The standard InChI is InChI=1S/C35H28NOP/c37-38(32-21-9-3-10-22-32,33-23-11-4-12-24-33)35(29-17-7-2-8-18-29)25-34(28-15-5-1-6-16-28)36-26-30-19-13-14-20-31(30)27-36/h1-24H,26-27H2. The van der Waals surface area contributed by atoms with Crippen molar-refractivity contribution in [3.05, 3.63) is 174 Å². The molecule has 1 aliphatic heterocycles. The number of hydrogen-bond donors (Lipinski definition) is 0. The van der Waals surface area contributed by atoms with Crippen LogP contribution in [0.2, 0.25) is 0 Å². The van der Waals surface area contributed by atoms with Gasteiger partial charge in [-0.3, -0.25) is 0 Å². The molecule has 0 atom stereocenters. The van der Waals surface area contributed by atoms with Crippen LogP contribution in [0, 0.1) is 0 Å². The minimum atomic E-state index is -3.29. The van der Waals surface area contributed by atoms with Gasteiger partial charge in [-0.1, -0.05) is 151 Å². The van der Waals surface area contributed by atoms with Crippen molar-refractivity contribution < 1.29 is 4.57 Å². The molecule has 0 radical (unpaired) electrons. The molecule has 0 fully saturated rings. The summed E-state index contributed by atoms with van der Waals surface area (Å²) >= 11 is 0. The zero-order chi connectivity index (χ0) is 25.8. The minimum absolute atomic E-state index is 0.713. The molecule has 0 bridgehead atoms. The van der Waals surface area contributed by atoms with E-state index in [1.807, 2.05) is 97.1 Å². The molecule has 0 spiro atoms. The molecular weight excluding hydrogens is 481 g/mol. The molecule has 1 aliphatic rings. The van der Waals surface area contributed by atoms with Crippen LogP contribution in [0.3, 0.4) is 0 Å². The molecule has 1 heterocycles. The first-order valence-electron chi connectivity index (χ1n) is 12.9. The summed E-state index contributed by atoms with van der Waals surface area (Å²) in [4.78, 5) is 2.35. The summed E-state index contributed by atoms with van der Waals surface area (Å²) in [6.45, 7) is 1.58. The summed E-state index contributed by atoms with van der Waals surface area (Å²) in [5.41, 5.74) is 9.35. The fourth-order valence-electron chi connectivity index (χ4n) is 5.15. The quantitative estimate of drug-likeness (QED) is 0.173. The molecule has 184 valence electrons. The van der Waals surface area contributed by atoms with Gasteiger partial charge in [0.1, 0.15) is 0 Å². The number of hydrogen-bond acceptors (Lipinski definition) is 2. The Morgan fingerprint density at radius 1 is 0.526 bits per heavy atom. The van der Waals surface area contributed by atoms with Crippen molar-refractivity contribution in [2.75, 3.05) is 0 Å². The zero-order valence-corrected chi connectivity index (χ0v) is 22.0. The summed E-state index contributed by atoms with van der Waals surface area (Å²) in [6, 6.07) is 48.7. The number of nitrogens with zero attached hydrogens (tertiary/aromatic N) is 1. The molecular formula is C35H28NOP. The predicted molar refractivity (Wildman–Crippen MR) is 159 cm³/mol. The van der Waals surface area contributed by atoms with Crippen molar-refractivity contribution >= 4 is 28.8 Å². The van der Waals surface area contributed by atoms with Crippen molar-refractivity contribution in [1.29, 1.82) is 0 Å². The minimum Gasteiger partial charge on any atom is -0.356 e. The molecule has 0 aliphatic carbocycles. The first kappa shape index (κ1) is 24.0. The van der Waals surface area contributed by atoms with E-state index in [0.29, 0.717) is 5.31 Å². The molecule has 0 saturated heterocycles. The van der Waals surface area contributed by atoms with E-state index in [4.69, 9.17) is 0 Å². The van der Waals surface area contributed by atoms with Crippen LogP contribution in [0.15, 0.2) is 151 Å². The predicted octanol–water partition coefficient (Wildman–Crippen LogP) is 7.70. The Balaban J connectivity index is 1.69. The molecule has 0 saturated carbocycles. The maximum atomic E-state index is 15.6. The van der Waals surface area contributed by atoms with Crippen LogP contribution >= 0.6 is 7.14 Å². The highest BCUT2D eigenvalue weighted by Gasteiger charge is 2.34. The van der Waals surface area contributed by atoms with Gasteiger partial charge >= 0.3 is 0 Å². The van der Waals surface area contributed by atoms with E-state index in [2.05, 4.69) is 59.2 Å². The van der Waals surface area contributed by atoms with Gasteiger partial charge in [0.25, 0.3) is 0 Å². The summed E-state index contributed by atoms with van der Waals surface area (Å²) in [5.74, 6) is 0. The molecule has 0 N–H and O–H groups in total. The zero-order valence-electron chi connectivity index (χ0n) is 21.1. The largest absolute Gasteiger partial charge is 0.356 e. The van der Waals surface area contributed by atoms with Gasteiger partial charge in [0, 0.05) is 29.3 Å². The van der Waals surface area contributed by atoms with Gasteiger partial charge < -0.3 is 9.46 Å². The fraction of sp³-hybridized carbons (Fsp3) is 0.0571.